The molecule has 0 spiro atoms. The van der Waals surface area contributed by atoms with Gasteiger partial charge in [-0.15, -0.1) is 0 Å². The number of esters is 1. The zero-order chi connectivity index (χ0) is 21.5. The van der Waals surface area contributed by atoms with E-state index in [1.165, 1.54) is 18.2 Å². The van der Waals surface area contributed by atoms with Crippen molar-refractivity contribution in [1.82, 2.24) is 0 Å². The Morgan fingerprint density at radius 1 is 1.17 bits per heavy atom. The predicted octanol–water partition coefficient (Wildman–Crippen LogP) is 3.97. The Kier molecular flexibility index (Phi) is 5.13. The fourth-order valence-electron chi connectivity index (χ4n) is 3.43. The van der Waals surface area contributed by atoms with Crippen LogP contribution in [0.25, 0.3) is 10.8 Å². The molecule has 7 nitrogen and oxygen atoms in total. The number of hydrogen-bond donors (Lipinski definition) is 2. The van der Waals surface area contributed by atoms with Gasteiger partial charge in [0.1, 0.15) is 0 Å². The molecule has 4 rings (SSSR count). The molecule has 2 N–H and O–H groups in total. The minimum atomic E-state index is -4.00. The summed E-state index contributed by atoms with van der Waals surface area (Å²) in [7, 11) is -4.00. The maximum atomic E-state index is 13.1. The number of hydrogen-bond acceptors (Lipinski definition) is 5. The van der Waals surface area contributed by atoms with Gasteiger partial charge in [-0.1, -0.05) is 29.8 Å². The molecule has 0 fully saturated rings. The van der Waals surface area contributed by atoms with Crippen LogP contribution in [0.3, 0.4) is 0 Å². The molecule has 1 amide bonds. The summed E-state index contributed by atoms with van der Waals surface area (Å²) in [5.74, 6) is -0.656. The largest absolute Gasteiger partial charge is 0.466 e. The molecular formula is C21H17ClN2O5S. The molecule has 1 aliphatic rings. The number of sulfonamides is 1. The summed E-state index contributed by atoms with van der Waals surface area (Å²) < 4.78 is 33.6. The molecule has 154 valence electrons. The summed E-state index contributed by atoms with van der Waals surface area (Å²) in [5.41, 5.74) is 1.80. The van der Waals surface area contributed by atoms with E-state index >= 15 is 0 Å². The standard InChI is InChI=1S/C21H17ClN2O5S/c1-2-29-19(25)11-12-6-7-16(15(22)10-12)24-30(27,28)18-9-8-17-20-13(18)4-3-5-14(20)21(26)23-17/h3-10,24H,2,11H2,1H3,(H,23,26). The molecule has 0 saturated carbocycles. The summed E-state index contributed by atoms with van der Waals surface area (Å²) in [6.07, 6.45) is 0.0382. The van der Waals surface area contributed by atoms with E-state index in [2.05, 4.69) is 10.0 Å². The molecule has 0 bridgehead atoms. The normalized spacial score (nSPS) is 12.7. The summed E-state index contributed by atoms with van der Waals surface area (Å²) in [4.78, 5) is 23.7. The van der Waals surface area contributed by atoms with Gasteiger partial charge in [0.05, 0.1) is 28.6 Å². The number of carbonyl (C=O) groups excluding carboxylic acids is 2. The van der Waals surface area contributed by atoms with E-state index < -0.39 is 16.0 Å². The summed E-state index contributed by atoms with van der Waals surface area (Å²) >= 11 is 6.25. The third kappa shape index (κ3) is 3.59. The zero-order valence-electron chi connectivity index (χ0n) is 15.9. The van der Waals surface area contributed by atoms with Crippen molar-refractivity contribution in [3.63, 3.8) is 0 Å². The SMILES string of the molecule is CCOC(=O)Cc1ccc(NS(=O)(=O)c2ccc3c4c(cccc24)C(=O)N3)c(Cl)c1. The number of rotatable bonds is 6. The van der Waals surface area contributed by atoms with Crippen molar-refractivity contribution in [1.29, 1.82) is 0 Å². The van der Waals surface area contributed by atoms with Crippen LogP contribution in [0.1, 0.15) is 22.8 Å². The monoisotopic (exact) mass is 444 g/mol. The first kappa shape index (κ1) is 20.2. The first-order valence-electron chi connectivity index (χ1n) is 9.14. The molecule has 0 unspecified atom stereocenters. The van der Waals surface area contributed by atoms with Crippen molar-refractivity contribution in [2.75, 3.05) is 16.6 Å². The van der Waals surface area contributed by atoms with Crippen LogP contribution < -0.4 is 10.0 Å². The Morgan fingerprint density at radius 2 is 1.97 bits per heavy atom. The van der Waals surface area contributed by atoms with Crippen molar-refractivity contribution in [2.24, 2.45) is 0 Å². The number of carbonyl (C=O) groups is 2. The van der Waals surface area contributed by atoms with Crippen LogP contribution in [-0.2, 0) is 26.0 Å². The van der Waals surface area contributed by atoms with Crippen LogP contribution in [-0.4, -0.2) is 26.9 Å². The highest BCUT2D eigenvalue weighted by Gasteiger charge is 2.26. The fraction of sp³-hybridized carbons (Fsp3) is 0.143. The molecular weight excluding hydrogens is 428 g/mol. The smallest absolute Gasteiger partial charge is 0.310 e. The average molecular weight is 445 g/mol. The molecule has 3 aromatic carbocycles. The lowest BCUT2D eigenvalue weighted by atomic mass is 10.1. The Bertz CT molecular complexity index is 1300. The zero-order valence-corrected chi connectivity index (χ0v) is 17.4. The van der Waals surface area contributed by atoms with Crippen molar-refractivity contribution in [2.45, 2.75) is 18.2 Å². The van der Waals surface area contributed by atoms with Gasteiger partial charge >= 0.3 is 5.97 Å². The molecule has 1 aliphatic heterocycles. The van der Waals surface area contributed by atoms with Gasteiger partial charge in [0.25, 0.3) is 15.9 Å². The van der Waals surface area contributed by atoms with Crippen LogP contribution in [0.2, 0.25) is 5.02 Å². The second kappa shape index (κ2) is 7.62. The summed E-state index contributed by atoms with van der Waals surface area (Å²) in [5, 5.41) is 3.89. The van der Waals surface area contributed by atoms with Gasteiger partial charge in [-0.25, -0.2) is 8.42 Å². The summed E-state index contributed by atoms with van der Waals surface area (Å²) in [6.45, 7) is 1.99. The molecule has 0 atom stereocenters. The third-order valence-corrected chi connectivity index (χ3v) is 6.45. The second-order valence-electron chi connectivity index (χ2n) is 6.70. The highest BCUT2D eigenvalue weighted by Crippen LogP contribution is 2.37. The Morgan fingerprint density at radius 3 is 2.70 bits per heavy atom. The molecule has 0 aliphatic carbocycles. The van der Waals surface area contributed by atoms with Gasteiger partial charge in [-0.3, -0.25) is 14.3 Å². The highest BCUT2D eigenvalue weighted by atomic mass is 35.5. The number of ether oxygens (including phenoxy) is 1. The molecule has 0 radical (unpaired) electrons. The minimum absolute atomic E-state index is 0.0336. The maximum Gasteiger partial charge on any atom is 0.310 e. The van der Waals surface area contributed by atoms with Crippen molar-refractivity contribution in [3.05, 3.63) is 64.7 Å². The molecule has 0 aromatic heterocycles. The number of halogens is 1. The molecule has 3 aromatic rings. The number of benzene rings is 3. The van der Waals surface area contributed by atoms with Crippen molar-refractivity contribution in [3.8, 4) is 0 Å². The molecule has 30 heavy (non-hydrogen) atoms. The predicted molar refractivity (Wildman–Crippen MR) is 114 cm³/mol. The lowest BCUT2D eigenvalue weighted by molar-refractivity contribution is -0.142. The van der Waals surface area contributed by atoms with Gasteiger partial charge < -0.3 is 10.1 Å². The van der Waals surface area contributed by atoms with Crippen molar-refractivity contribution >= 4 is 55.6 Å². The quantitative estimate of drug-likeness (QED) is 0.560. The highest BCUT2D eigenvalue weighted by molar-refractivity contribution is 7.93. The van der Waals surface area contributed by atoms with E-state index in [1.807, 2.05) is 0 Å². The summed E-state index contributed by atoms with van der Waals surface area (Å²) in [6, 6.07) is 12.6. The topological polar surface area (TPSA) is 102 Å². The van der Waals surface area contributed by atoms with E-state index in [1.54, 1.807) is 37.3 Å². The molecule has 9 heteroatoms. The van der Waals surface area contributed by atoms with E-state index in [-0.39, 0.29) is 34.5 Å². The Balaban J connectivity index is 1.67. The first-order chi connectivity index (χ1) is 14.3. The van der Waals surface area contributed by atoms with E-state index in [4.69, 9.17) is 16.3 Å². The minimum Gasteiger partial charge on any atom is -0.466 e. The van der Waals surface area contributed by atoms with E-state index in [0.29, 0.717) is 27.6 Å². The van der Waals surface area contributed by atoms with Crippen LogP contribution >= 0.6 is 11.6 Å². The van der Waals surface area contributed by atoms with Gasteiger partial charge in [0.15, 0.2) is 0 Å². The van der Waals surface area contributed by atoms with Crippen LogP contribution in [0.15, 0.2) is 53.4 Å². The van der Waals surface area contributed by atoms with E-state index in [0.717, 1.165) is 0 Å². The van der Waals surface area contributed by atoms with Gasteiger partial charge in [0.2, 0.25) is 0 Å². The third-order valence-electron chi connectivity index (χ3n) is 4.71. The molecule has 1 heterocycles. The van der Waals surface area contributed by atoms with Crippen LogP contribution in [0.4, 0.5) is 11.4 Å². The lowest BCUT2D eigenvalue weighted by Gasteiger charge is -2.13. The Hall–Kier alpha value is -3.10. The lowest BCUT2D eigenvalue weighted by Crippen LogP contribution is -2.14. The Labute approximate surface area is 178 Å². The average Bonchev–Trinajstić information content (AvgIpc) is 3.02. The van der Waals surface area contributed by atoms with Gasteiger partial charge in [0, 0.05) is 22.0 Å². The molecule has 0 saturated heterocycles. The first-order valence-corrected chi connectivity index (χ1v) is 11.0. The van der Waals surface area contributed by atoms with Gasteiger partial charge in [-0.05, 0) is 42.8 Å². The second-order valence-corrected chi connectivity index (χ2v) is 8.75. The fourth-order valence-corrected chi connectivity index (χ4v) is 5.02. The number of anilines is 2. The van der Waals surface area contributed by atoms with Crippen LogP contribution in [0, 0.1) is 0 Å². The number of nitrogens with one attached hydrogen (secondary N) is 2. The van der Waals surface area contributed by atoms with Crippen molar-refractivity contribution < 1.29 is 22.7 Å². The number of amides is 1. The van der Waals surface area contributed by atoms with Crippen LogP contribution in [0.5, 0.6) is 0 Å². The van der Waals surface area contributed by atoms with Gasteiger partial charge in [-0.2, -0.15) is 0 Å². The maximum absolute atomic E-state index is 13.1. The van der Waals surface area contributed by atoms with E-state index in [9.17, 15) is 18.0 Å².